The predicted molar refractivity (Wildman–Crippen MR) is 260 cm³/mol. The molecule has 0 amide bonds. The molecule has 12 heteroatoms. The maximum Gasteiger partial charge on any atom is 0.164 e. The second-order valence-electron chi connectivity index (χ2n) is 18.7. The second-order valence-corrected chi connectivity index (χ2v) is 18.7. The molecule has 0 saturated carbocycles. The molecular formula is C52H54N12. The van der Waals surface area contributed by atoms with Crippen molar-refractivity contribution in [2.75, 3.05) is 72.0 Å². The van der Waals surface area contributed by atoms with Gasteiger partial charge >= 0.3 is 0 Å². The van der Waals surface area contributed by atoms with E-state index in [2.05, 4.69) is 102 Å². The van der Waals surface area contributed by atoms with Crippen molar-refractivity contribution in [3.63, 3.8) is 0 Å². The Kier molecular flexibility index (Phi) is 9.25. The molecule has 3 aromatic heterocycles. The molecule has 6 aliphatic heterocycles. The molecule has 2 N–H and O–H groups in total. The van der Waals surface area contributed by atoms with Gasteiger partial charge in [0.1, 0.15) is 22.6 Å². The van der Waals surface area contributed by atoms with Crippen molar-refractivity contribution in [1.29, 1.82) is 0 Å². The lowest BCUT2D eigenvalue weighted by Gasteiger charge is -2.29. The Labute approximate surface area is 372 Å². The van der Waals surface area contributed by atoms with E-state index in [4.69, 9.17) is 29.9 Å². The number of H-pyrrole nitrogens is 2. The van der Waals surface area contributed by atoms with Gasteiger partial charge in [-0.05, 0) is 150 Å². The van der Waals surface area contributed by atoms with Crippen molar-refractivity contribution in [3.05, 3.63) is 72.8 Å². The van der Waals surface area contributed by atoms with Crippen LogP contribution in [0.1, 0.15) is 77.0 Å². The first-order valence-corrected chi connectivity index (χ1v) is 24.1. The second kappa shape index (κ2) is 15.6. The number of hydrogen-bond acceptors (Lipinski definition) is 10. The third-order valence-electron chi connectivity index (χ3n) is 14.6. The van der Waals surface area contributed by atoms with Crippen LogP contribution in [0.3, 0.4) is 0 Å². The molecule has 7 aromatic rings. The Morgan fingerprint density at radius 2 is 0.578 bits per heavy atom. The number of fused-ring (bicyclic) bond motifs is 20. The van der Waals surface area contributed by atoms with E-state index in [1.807, 2.05) is 0 Å². The van der Waals surface area contributed by atoms with E-state index < -0.39 is 0 Å². The van der Waals surface area contributed by atoms with Gasteiger partial charge in [-0.15, -0.1) is 0 Å². The summed E-state index contributed by atoms with van der Waals surface area (Å²) in [6.45, 7) is 8.46. The van der Waals surface area contributed by atoms with E-state index in [1.165, 1.54) is 99.8 Å². The predicted octanol–water partition coefficient (Wildman–Crippen LogP) is 10.8. The van der Waals surface area contributed by atoms with Gasteiger partial charge in [0, 0.05) is 119 Å². The highest BCUT2D eigenvalue weighted by molar-refractivity contribution is 6.08. The fourth-order valence-corrected chi connectivity index (χ4v) is 11.1. The number of nitrogens with one attached hydrogen (secondary N) is 2. The van der Waals surface area contributed by atoms with Crippen LogP contribution < -0.4 is 19.6 Å². The molecule has 12 nitrogen and oxygen atoms in total. The highest BCUT2D eigenvalue weighted by atomic mass is 15.2. The molecule has 0 aliphatic carbocycles. The van der Waals surface area contributed by atoms with Crippen molar-refractivity contribution in [3.8, 4) is 45.6 Å². The first-order chi connectivity index (χ1) is 31.7. The highest BCUT2D eigenvalue weighted by Crippen LogP contribution is 2.41. The number of nitrogens with zero attached hydrogens (tertiary/aromatic N) is 10. The summed E-state index contributed by atoms with van der Waals surface area (Å²) in [7, 11) is 0. The Balaban J connectivity index is 1.10. The van der Waals surface area contributed by atoms with Gasteiger partial charge in [-0.3, -0.25) is 0 Å². The number of aromatic nitrogens is 8. The normalized spacial score (nSPS) is 17.9. The molecule has 0 radical (unpaired) electrons. The molecule has 4 fully saturated rings. The van der Waals surface area contributed by atoms with E-state index in [0.29, 0.717) is 23.3 Å². The summed E-state index contributed by atoms with van der Waals surface area (Å²) < 4.78 is 0. The minimum absolute atomic E-state index is 0.641. The van der Waals surface area contributed by atoms with E-state index in [0.717, 1.165) is 119 Å². The average Bonchev–Trinajstić information content (AvgIpc) is 4.10. The van der Waals surface area contributed by atoms with Crippen LogP contribution in [0, 0.1) is 0 Å². The zero-order chi connectivity index (χ0) is 42.1. The average molecular weight is 847 g/mol. The van der Waals surface area contributed by atoms with Crippen molar-refractivity contribution in [1.82, 2.24) is 39.9 Å². The Morgan fingerprint density at radius 3 is 0.938 bits per heavy atom. The van der Waals surface area contributed by atoms with Gasteiger partial charge in [-0.25, -0.2) is 29.9 Å². The van der Waals surface area contributed by atoms with Gasteiger partial charge in [0.05, 0.1) is 0 Å². The molecular weight excluding hydrogens is 793 g/mol. The SMILES string of the molecule is c1cc2c(cc1N1CCCCC1)-c1nc-2nc2[nH]c(nc3nc(nc4[nH]c(n1)c1ccc(N5CCCCC5)cc41)-c1ccc(N4CCCCC4)cc1-3)c1ccc(N3CCCCC3)cc21. The molecule has 8 bridgehead atoms. The smallest absolute Gasteiger partial charge is 0.164 e. The summed E-state index contributed by atoms with van der Waals surface area (Å²) in [5.41, 5.74) is 11.7. The zero-order valence-corrected chi connectivity index (χ0v) is 36.5. The minimum atomic E-state index is 0.641. The first-order valence-electron chi connectivity index (χ1n) is 24.1. The fourth-order valence-electron chi connectivity index (χ4n) is 11.1. The van der Waals surface area contributed by atoms with E-state index >= 15 is 0 Å². The first kappa shape index (κ1) is 37.9. The Morgan fingerprint density at radius 1 is 0.281 bits per heavy atom. The maximum atomic E-state index is 5.44. The van der Waals surface area contributed by atoms with Gasteiger partial charge in [-0.2, -0.15) is 0 Å². The molecule has 0 atom stereocenters. The monoisotopic (exact) mass is 846 g/mol. The van der Waals surface area contributed by atoms with Crippen LogP contribution in [0.15, 0.2) is 72.8 Å². The van der Waals surface area contributed by atoms with Crippen LogP contribution >= 0.6 is 0 Å². The highest BCUT2D eigenvalue weighted by Gasteiger charge is 2.26. The molecule has 322 valence electrons. The molecule has 9 heterocycles. The third-order valence-corrected chi connectivity index (χ3v) is 14.6. The molecule has 4 saturated heterocycles. The van der Waals surface area contributed by atoms with E-state index in [9.17, 15) is 0 Å². The quantitative estimate of drug-likeness (QED) is 0.177. The molecule has 64 heavy (non-hydrogen) atoms. The molecule has 6 aliphatic rings. The van der Waals surface area contributed by atoms with Crippen LogP contribution in [-0.2, 0) is 0 Å². The fraction of sp³-hybridized carbons (Fsp3) is 0.385. The summed E-state index contributed by atoms with van der Waals surface area (Å²) >= 11 is 0. The van der Waals surface area contributed by atoms with Gasteiger partial charge in [0.15, 0.2) is 23.3 Å². The summed E-state index contributed by atoms with van der Waals surface area (Å²) in [5, 5.41) is 4.04. The number of aromatic amines is 2. The Hall–Kier alpha value is -6.56. The van der Waals surface area contributed by atoms with Gasteiger partial charge in [0.2, 0.25) is 0 Å². The van der Waals surface area contributed by atoms with Gasteiger partial charge in [0.25, 0.3) is 0 Å². The lowest BCUT2D eigenvalue weighted by molar-refractivity contribution is 0.578. The zero-order valence-electron chi connectivity index (χ0n) is 36.5. The standard InChI is InChI=1S/C52H54N12/c1-5-21-61(22-6-1)33-13-17-37-41(29-33)49-53-45(37)58-50-43-31-35(63-25-9-3-10-26-63)15-19-39(43)47(55-50)60-52-44-32-36(64-27-11-4-12-28-64)16-20-40(44)48(56-52)59-51-42-30-34(62-23-7-2-8-24-62)14-18-38(42)46(54-51)57-49/h13-20,29-32H,1-12,21-28H2,(H2,53,54,55,56,57,58,59,60). The number of benzene rings is 4. The number of hydrogen-bond donors (Lipinski definition) is 2. The molecule has 0 spiro atoms. The topological polar surface area (TPSA) is 122 Å². The minimum Gasteiger partial charge on any atom is -0.372 e. The van der Waals surface area contributed by atoms with Crippen LogP contribution in [0.2, 0.25) is 0 Å². The summed E-state index contributed by atoms with van der Waals surface area (Å²) in [6.07, 6.45) is 14.8. The van der Waals surface area contributed by atoms with Crippen LogP contribution in [0.5, 0.6) is 0 Å². The van der Waals surface area contributed by atoms with E-state index in [1.54, 1.807) is 0 Å². The largest absolute Gasteiger partial charge is 0.372 e. The van der Waals surface area contributed by atoms with Crippen molar-refractivity contribution in [2.45, 2.75) is 77.0 Å². The van der Waals surface area contributed by atoms with Crippen LogP contribution in [0.25, 0.3) is 89.7 Å². The molecule has 4 aromatic carbocycles. The lowest BCUT2D eigenvalue weighted by Crippen LogP contribution is -2.29. The Bertz CT molecular complexity index is 2910. The lowest BCUT2D eigenvalue weighted by atomic mass is 10.0. The van der Waals surface area contributed by atoms with Crippen molar-refractivity contribution < 1.29 is 0 Å². The number of rotatable bonds is 4. The van der Waals surface area contributed by atoms with E-state index in [-0.39, 0.29) is 0 Å². The molecule has 0 unspecified atom stereocenters. The van der Waals surface area contributed by atoms with Gasteiger partial charge < -0.3 is 29.6 Å². The summed E-state index contributed by atoms with van der Waals surface area (Å²) in [4.78, 5) is 49.8. The maximum absolute atomic E-state index is 5.44. The van der Waals surface area contributed by atoms with Crippen molar-refractivity contribution >= 4 is 66.9 Å². The number of anilines is 4. The van der Waals surface area contributed by atoms with Crippen molar-refractivity contribution in [2.24, 2.45) is 0 Å². The van der Waals surface area contributed by atoms with Crippen LogP contribution in [-0.4, -0.2) is 92.2 Å². The van der Waals surface area contributed by atoms with Gasteiger partial charge in [-0.1, -0.05) is 0 Å². The third kappa shape index (κ3) is 6.63. The van der Waals surface area contributed by atoms with Crippen LogP contribution in [0.4, 0.5) is 22.7 Å². The summed E-state index contributed by atoms with van der Waals surface area (Å²) in [6, 6.07) is 27.0. The molecule has 13 rings (SSSR count). The number of piperidine rings is 4. The summed E-state index contributed by atoms with van der Waals surface area (Å²) in [5.74, 6) is 2.58.